The molecule has 0 aliphatic heterocycles. The van der Waals surface area contributed by atoms with Gasteiger partial charge < -0.3 is 4.89 Å². The van der Waals surface area contributed by atoms with E-state index in [1.807, 2.05) is 38.1 Å². The summed E-state index contributed by atoms with van der Waals surface area (Å²) in [5.74, 6) is 0. The fourth-order valence-electron chi connectivity index (χ4n) is 3.17. The molecular formula is C22H31O2P. The van der Waals surface area contributed by atoms with Crippen LogP contribution in [0.25, 0.3) is 0 Å². The largest absolute Gasteiger partial charge is 0.338 e. The molecule has 0 aliphatic carbocycles. The molecule has 0 fully saturated rings. The zero-order valence-electron chi connectivity index (χ0n) is 16.0. The average molecular weight is 358 g/mol. The summed E-state index contributed by atoms with van der Waals surface area (Å²) in [5.41, 5.74) is 4.09. The van der Waals surface area contributed by atoms with Crippen molar-refractivity contribution in [3.05, 3.63) is 58.7 Å². The highest BCUT2D eigenvalue weighted by molar-refractivity contribution is 7.73. The molecule has 0 saturated heterocycles. The van der Waals surface area contributed by atoms with E-state index in [2.05, 4.69) is 26.0 Å². The molecule has 0 spiro atoms. The summed E-state index contributed by atoms with van der Waals surface area (Å²) in [6.45, 7) is 8.19. The van der Waals surface area contributed by atoms with Crippen molar-refractivity contribution in [2.24, 2.45) is 0 Å². The molecular weight excluding hydrogens is 327 g/mol. The summed E-state index contributed by atoms with van der Waals surface area (Å²) >= 11 is 0. The molecule has 2 aromatic carbocycles. The number of benzene rings is 2. The lowest BCUT2D eigenvalue weighted by molar-refractivity contribution is 0.500. The molecule has 0 unspecified atom stereocenters. The fraction of sp³-hybridized carbons (Fsp3) is 0.455. The number of aryl methyl sites for hydroxylation is 4. The lowest BCUT2D eigenvalue weighted by atomic mass is 10.1. The summed E-state index contributed by atoms with van der Waals surface area (Å²) in [7, 11) is -3.59. The van der Waals surface area contributed by atoms with E-state index in [4.69, 9.17) is 0 Å². The van der Waals surface area contributed by atoms with Crippen LogP contribution < -0.4 is 10.6 Å². The van der Waals surface area contributed by atoms with Gasteiger partial charge in [0, 0.05) is 10.6 Å². The Morgan fingerprint density at radius 3 is 1.56 bits per heavy atom. The van der Waals surface area contributed by atoms with Crippen molar-refractivity contribution in [3.8, 4) is 0 Å². The van der Waals surface area contributed by atoms with Crippen LogP contribution in [0.4, 0.5) is 0 Å². The van der Waals surface area contributed by atoms with Gasteiger partial charge in [-0.15, -0.1) is 0 Å². The van der Waals surface area contributed by atoms with Crippen molar-refractivity contribution in [3.63, 3.8) is 0 Å². The quantitative estimate of drug-likeness (QED) is 0.658. The van der Waals surface area contributed by atoms with E-state index >= 15 is 0 Å². The Kier molecular flexibility index (Phi) is 7.04. The minimum atomic E-state index is -3.59. The lowest BCUT2D eigenvalue weighted by Gasteiger charge is -2.19. The molecule has 0 aromatic heterocycles. The predicted molar refractivity (Wildman–Crippen MR) is 109 cm³/mol. The third-order valence-electron chi connectivity index (χ3n) is 4.84. The molecule has 2 nitrogen and oxygen atoms in total. The van der Waals surface area contributed by atoms with E-state index in [9.17, 15) is 9.46 Å². The second kappa shape index (κ2) is 8.83. The van der Waals surface area contributed by atoms with E-state index in [0.29, 0.717) is 10.6 Å². The van der Waals surface area contributed by atoms with Crippen LogP contribution in [0.5, 0.6) is 0 Å². The van der Waals surface area contributed by atoms with Crippen molar-refractivity contribution >= 4 is 18.0 Å². The first kappa shape index (κ1) is 19.9. The highest BCUT2D eigenvalue weighted by Crippen LogP contribution is 2.41. The van der Waals surface area contributed by atoms with Gasteiger partial charge in [0.05, 0.1) is 0 Å². The summed E-state index contributed by atoms with van der Waals surface area (Å²) in [6.07, 6.45) is 6.36. The van der Waals surface area contributed by atoms with E-state index in [0.717, 1.165) is 60.8 Å². The molecule has 3 heteroatoms. The van der Waals surface area contributed by atoms with Crippen molar-refractivity contribution in [1.82, 2.24) is 0 Å². The van der Waals surface area contributed by atoms with E-state index in [1.165, 1.54) is 0 Å². The van der Waals surface area contributed by atoms with Crippen LogP contribution in [-0.2, 0) is 17.4 Å². The van der Waals surface area contributed by atoms with Gasteiger partial charge in [-0.05, 0) is 73.9 Å². The van der Waals surface area contributed by atoms with Crippen LogP contribution in [-0.4, -0.2) is 4.89 Å². The first-order valence-corrected chi connectivity index (χ1v) is 11.1. The first-order valence-electron chi connectivity index (χ1n) is 9.43. The molecule has 0 aliphatic rings. The summed E-state index contributed by atoms with van der Waals surface area (Å²) in [4.78, 5) is 11.1. The predicted octanol–water partition coefficient (Wildman–Crippen LogP) is 5.21. The SMILES string of the molecule is CCCCc1ccc(C)c(P(=O)(O)c2cc(CCCC)ccc2C)c1. The fourth-order valence-corrected chi connectivity index (χ4v) is 5.21. The molecule has 0 atom stereocenters. The van der Waals surface area contributed by atoms with Gasteiger partial charge in [0.2, 0.25) is 0 Å². The minimum absolute atomic E-state index is 0.594. The van der Waals surface area contributed by atoms with Gasteiger partial charge in [-0.1, -0.05) is 51.0 Å². The Bertz CT molecular complexity index is 703. The third-order valence-corrected chi connectivity index (χ3v) is 7.11. The molecule has 0 heterocycles. The van der Waals surface area contributed by atoms with Crippen molar-refractivity contribution < 1.29 is 9.46 Å². The Hall–Kier alpha value is -1.37. The maximum atomic E-state index is 13.5. The Morgan fingerprint density at radius 1 is 0.800 bits per heavy atom. The van der Waals surface area contributed by atoms with Crippen LogP contribution in [0.3, 0.4) is 0 Å². The van der Waals surface area contributed by atoms with Crippen LogP contribution in [0.2, 0.25) is 0 Å². The topological polar surface area (TPSA) is 37.3 Å². The van der Waals surface area contributed by atoms with Gasteiger partial charge in [0.15, 0.2) is 0 Å². The normalized spacial score (nSPS) is 11.7. The molecule has 0 bridgehead atoms. The zero-order chi connectivity index (χ0) is 18.4. The molecule has 2 rings (SSSR count). The van der Waals surface area contributed by atoms with E-state index in [-0.39, 0.29) is 0 Å². The van der Waals surface area contributed by atoms with Gasteiger partial charge in [-0.2, -0.15) is 0 Å². The summed E-state index contributed by atoms with van der Waals surface area (Å²) in [6, 6.07) is 12.0. The molecule has 1 N–H and O–H groups in total. The second-order valence-corrected chi connectivity index (χ2v) is 9.14. The highest BCUT2D eigenvalue weighted by atomic mass is 31.2. The Balaban J connectivity index is 2.45. The number of hydrogen-bond acceptors (Lipinski definition) is 1. The van der Waals surface area contributed by atoms with Crippen LogP contribution in [0.15, 0.2) is 36.4 Å². The molecule has 2 aromatic rings. The number of unbranched alkanes of at least 4 members (excludes halogenated alkanes) is 2. The molecule has 0 amide bonds. The maximum absolute atomic E-state index is 13.5. The van der Waals surface area contributed by atoms with Crippen LogP contribution in [0, 0.1) is 13.8 Å². The molecule has 25 heavy (non-hydrogen) atoms. The smallest absolute Gasteiger partial charge is 0.259 e. The van der Waals surface area contributed by atoms with Crippen molar-refractivity contribution in [1.29, 1.82) is 0 Å². The van der Waals surface area contributed by atoms with Crippen LogP contribution in [0.1, 0.15) is 61.8 Å². The monoisotopic (exact) mass is 358 g/mol. The number of hydrogen-bond donors (Lipinski definition) is 1. The van der Waals surface area contributed by atoms with Gasteiger partial charge in [0.1, 0.15) is 0 Å². The van der Waals surface area contributed by atoms with Gasteiger partial charge in [0.25, 0.3) is 7.37 Å². The third kappa shape index (κ3) is 4.84. The van der Waals surface area contributed by atoms with E-state index in [1.54, 1.807) is 0 Å². The van der Waals surface area contributed by atoms with Crippen molar-refractivity contribution in [2.45, 2.75) is 66.2 Å². The van der Waals surface area contributed by atoms with Crippen LogP contribution >= 0.6 is 7.37 Å². The second-order valence-electron chi connectivity index (χ2n) is 7.02. The molecule has 0 saturated carbocycles. The molecule has 136 valence electrons. The molecule has 0 radical (unpaired) electrons. The van der Waals surface area contributed by atoms with Crippen molar-refractivity contribution in [2.75, 3.05) is 0 Å². The van der Waals surface area contributed by atoms with Gasteiger partial charge >= 0.3 is 0 Å². The Labute approximate surface area is 152 Å². The Morgan fingerprint density at radius 2 is 1.20 bits per heavy atom. The maximum Gasteiger partial charge on any atom is 0.259 e. The van der Waals surface area contributed by atoms with Gasteiger partial charge in [-0.25, -0.2) is 0 Å². The standard InChI is InChI=1S/C22H31O2P/c1-5-7-9-19-13-11-17(3)21(15-19)25(23,24)22-16-20(10-8-6-2)14-12-18(22)4/h11-16H,5-10H2,1-4H3,(H,23,24). The summed E-state index contributed by atoms with van der Waals surface area (Å²) in [5, 5.41) is 1.19. The van der Waals surface area contributed by atoms with Gasteiger partial charge in [-0.3, -0.25) is 4.57 Å². The first-order chi connectivity index (χ1) is 11.9. The summed E-state index contributed by atoms with van der Waals surface area (Å²) < 4.78 is 13.5. The average Bonchev–Trinajstić information content (AvgIpc) is 2.60. The highest BCUT2D eigenvalue weighted by Gasteiger charge is 2.28. The minimum Gasteiger partial charge on any atom is -0.338 e. The number of rotatable bonds is 8. The lowest BCUT2D eigenvalue weighted by Crippen LogP contribution is -2.21. The van der Waals surface area contributed by atoms with E-state index < -0.39 is 7.37 Å². The zero-order valence-corrected chi connectivity index (χ0v) is 16.9.